The highest BCUT2D eigenvalue weighted by molar-refractivity contribution is 7.89. The number of anilines is 1. The number of hydrogen-bond donors (Lipinski definition) is 1. The molecule has 1 fully saturated rings. The Bertz CT molecular complexity index is 1050. The number of carbonyl (C=O) groups is 2. The molecule has 0 aliphatic carbocycles. The van der Waals surface area contributed by atoms with E-state index in [1.807, 2.05) is 6.92 Å². The standard InChI is InChI=1S/C22H26N2O5S/c1-15-6-4-5-13-24(15)30(27,28)21-14-18(9-12-20(21)29-3)22(26)23-19-10-7-17(8-11-19)16(2)25/h7-12,14-15H,4-6,13H2,1-3H3,(H,23,26). The van der Waals surface area contributed by atoms with Crippen LogP contribution >= 0.6 is 0 Å². The molecule has 8 heteroatoms. The number of nitrogens with one attached hydrogen (secondary N) is 1. The maximum Gasteiger partial charge on any atom is 0.255 e. The molecule has 0 bridgehead atoms. The van der Waals surface area contributed by atoms with E-state index < -0.39 is 15.9 Å². The summed E-state index contributed by atoms with van der Waals surface area (Å²) in [6, 6.07) is 10.8. The predicted molar refractivity (Wildman–Crippen MR) is 115 cm³/mol. The van der Waals surface area contributed by atoms with Crippen molar-refractivity contribution in [1.82, 2.24) is 4.31 Å². The van der Waals surface area contributed by atoms with E-state index in [0.29, 0.717) is 17.8 Å². The molecule has 1 aliphatic heterocycles. The Labute approximate surface area is 177 Å². The van der Waals surface area contributed by atoms with Crippen LogP contribution in [0.5, 0.6) is 5.75 Å². The van der Waals surface area contributed by atoms with Gasteiger partial charge in [0.15, 0.2) is 5.78 Å². The Hall–Kier alpha value is -2.71. The molecule has 3 rings (SSSR count). The van der Waals surface area contributed by atoms with E-state index in [1.165, 1.54) is 36.5 Å². The molecule has 30 heavy (non-hydrogen) atoms. The van der Waals surface area contributed by atoms with Gasteiger partial charge in [0.25, 0.3) is 5.91 Å². The summed E-state index contributed by atoms with van der Waals surface area (Å²) in [6.07, 6.45) is 2.61. The van der Waals surface area contributed by atoms with Crippen molar-refractivity contribution in [2.24, 2.45) is 0 Å². The van der Waals surface area contributed by atoms with Crippen molar-refractivity contribution in [3.05, 3.63) is 53.6 Å². The van der Waals surface area contributed by atoms with Gasteiger partial charge in [0, 0.05) is 29.4 Å². The molecule has 1 unspecified atom stereocenters. The van der Waals surface area contributed by atoms with E-state index in [-0.39, 0.29) is 28.0 Å². The lowest BCUT2D eigenvalue weighted by Crippen LogP contribution is -2.42. The summed E-state index contributed by atoms with van der Waals surface area (Å²) in [5, 5.41) is 2.73. The van der Waals surface area contributed by atoms with Crippen LogP contribution in [-0.2, 0) is 10.0 Å². The summed E-state index contributed by atoms with van der Waals surface area (Å²) in [5.74, 6) is -0.309. The minimum atomic E-state index is -3.81. The number of sulfonamides is 1. The van der Waals surface area contributed by atoms with Gasteiger partial charge in [-0.2, -0.15) is 4.31 Å². The molecule has 2 aromatic carbocycles. The van der Waals surface area contributed by atoms with E-state index in [9.17, 15) is 18.0 Å². The van der Waals surface area contributed by atoms with Crippen LogP contribution in [0.1, 0.15) is 53.8 Å². The zero-order valence-corrected chi connectivity index (χ0v) is 18.2. The quantitative estimate of drug-likeness (QED) is 0.705. The fourth-order valence-electron chi connectivity index (χ4n) is 3.57. The number of benzene rings is 2. The fraction of sp³-hybridized carbons (Fsp3) is 0.364. The van der Waals surface area contributed by atoms with Crippen LogP contribution in [-0.4, -0.2) is 44.1 Å². The maximum absolute atomic E-state index is 13.3. The van der Waals surface area contributed by atoms with Crippen LogP contribution in [0.15, 0.2) is 47.4 Å². The third-order valence-electron chi connectivity index (χ3n) is 5.30. The molecule has 2 aromatic rings. The summed E-state index contributed by atoms with van der Waals surface area (Å²) in [5.41, 5.74) is 1.26. The molecule has 0 aromatic heterocycles. The smallest absolute Gasteiger partial charge is 0.255 e. The fourth-order valence-corrected chi connectivity index (χ4v) is 5.45. The number of piperidine rings is 1. The van der Waals surface area contributed by atoms with Gasteiger partial charge in [0.1, 0.15) is 10.6 Å². The van der Waals surface area contributed by atoms with E-state index >= 15 is 0 Å². The number of Topliss-reactive ketones (excluding diaryl/α,β-unsaturated/α-hetero) is 1. The molecular weight excluding hydrogens is 404 g/mol. The third-order valence-corrected chi connectivity index (χ3v) is 7.34. The summed E-state index contributed by atoms with van der Waals surface area (Å²) < 4.78 is 33.3. The monoisotopic (exact) mass is 430 g/mol. The zero-order chi connectivity index (χ0) is 21.9. The topological polar surface area (TPSA) is 92.8 Å². The minimum Gasteiger partial charge on any atom is -0.495 e. The van der Waals surface area contributed by atoms with E-state index in [2.05, 4.69) is 5.32 Å². The second-order valence-corrected chi connectivity index (χ2v) is 9.27. The molecule has 1 amide bonds. The normalized spacial score (nSPS) is 17.4. The van der Waals surface area contributed by atoms with Crippen LogP contribution in [0.3, 0.4) is 0 Å². The average Bonchev–Trinajstić information content (AvgIpc) is 2.73. The number of carbonyl (C=O) groups excluding carboxylic acids is 2. The van der Waals surface area contributed by atoms with Gasteiger partial charge < -0.3 is 10.1 Å². The van der Waals surface area contributed by atoms with Gasteiger partial charge in [-0.1, -0.05) is 6.42 Å². The number of methoxy groups -OCH3 is 1. The lowest BCUT2D eigenvalue weighted by Gasteiger charge is -2.32. The Balaban J connectivity index is 1.90. The number of amides is 1. The largest absolute Gasteiger partial charge is 0.495 e. The highest BCUT2D eigenvalue weighted by atomic mass is 32.2. The first-order valence-corrected chi connectivity index (χ1v) is 11.3. The maximum atomic E-state index is 13.3. The molecule has 0 saturated carbocycles. The summed E-state index contributed by atoms with van der Waals surface area (Å²) in [4.78, 5) is 24.1. The van der Waals surface area contributed by atoms with Crippen molar-refractivity contribution >= 4 is 27.4 Å². The second-order valence-electron chi connectivity index (χ2n) is 7.41. The number of rotatable bonds is 6. The van der Waals surface area contributed by atoms with Crippen molar-refractivity contribution < 1.29 is 22.7 Å². The van der Waals surface area contributed by atoms with Gasteiger partial charge in [0.05, 0.1) is 7.11 Å². The van der Waals surface area contributed by atoms with E-state index in [1.54, 1.807) is 24.3 Å². The molecule has 1 saturated heterocycles. The Morgan fingerprint density at radius 3 is 2.33 bits per heavy atom. The lowest BCUT2D eigenvalue weighted by atomic mass is 10.1. The highest BCUT2D eigenvalue weighted by Crippen LogP contribution is 2.32. The SMILES string of the molecule is COc1ccc(C(=O)Nc2ccc(C(C)=O)cc2)cc1S(=O)(=O)N1CCCCC1C. The molecule has 1 heterocycles. The van der Waals surface area contributed by atoms with Gasteiger partial charge >= 0.3 is 0 Å². The Morgan fingerprint density at radius 2 is 1.73 bits per heavy atom. The highest BCUT2D eigenvalue weighted by Gasteiger charge is 2.33. The van der Waals surface area contributed by atoms with Crippen molar-refractivity contribution in [3.8, 4) is 5.75 Å². The zero-order valence-electron chi connectivity index (χ0n) is 17.3. The van der Waals surface area contributed by atoms with Gasteiger partial charge in [-0.25, -0.2) is 8.42 Å². The number of nitrogens with zero attached hydrogens (tertiary/aromatic N) is 1. The number of hydrogen-bond acceptors (Lipinski definition) is 5. The summed E-state index contributed by atoms with van der Waals surface area (Å²) in [6.45, 7) is 3.81. The molecule has 0 spiro atoms. The molecule has 1 N–H and O–H groups in total. The van der Waals surface area contributed by atoms with E-state index in [4.69, 9.17) is 4.74 Å². The predicted octanol–water partition coefficient (Wildman–Crippen LogP) is 3.71. The van der Waals surface area contributed by atoms with Crippen molar-refractivity contribution in [2.75, 3.05) is 19.0 Å². The Morgan fingerprint density at radius 1 is 1.07 bits per heavy atom. The van der Waals surface area contributed by atoms with Crippen molar-refractivity contribution in [2.45, 2.75) is 44.0 Å². The third kappa shape index (κ3) is 4.55. The van der Waals surface area contributed by atoms with Crippen LogP contribution in [0.4, 0.5) is 5.69 Å². The number of ketones is 1. The molecule has 0 radical (unpaired) electrons. The molecule has 160 valence electrons. The van der Waals surface area contributed by atoms with Crippen molar-refractivity contribution in [3.63, 3.8) is 0 Å². The summed E-state index contributed by atoms with van der Waals surface area (Å²) in [7, 11) is -2.40. The van der Waals surface area contributed by atoms with Crippen LogP contribution in [0.2, 0.25) is 0 Å². The van der Waals surface area contributed by atoms with Gasteiger partial charge in [0.2, 0.25) is 10.0 Å². The molecular formula is C22H26N2O5S. The summed E-state index contributed by atoms with van der Waals surface area (Å²) >= 11 is 0. The Kier molecular flexibility index (Phi) is 6.58. The average molecular weight is 431 g/mol. The van der Waals surface area contributed by atoms with Crippen LogP contribution in [0, 0.1) is 0 Å². The van der Waals surface area contributed by atoms with Crippen LogP contribution in [0.25, 0.3) is 0 Å². The molecule has 7 nitrogen and oxygen atoms in total. The second kappa shape index (κ2) is 8.97. The van der Waals surface area contributed by atoms with Gasteiger partial charge in [-0.3, -0.25) is 9.59 Å². The van der Waals surface area contributed by atoms with Gasteiger partial charge in [-0.15, -0.1) is 0 Å². The minimum absolute atomic E-state index is 0.0154. The van der Waals surface area contributed by atoms with Gasteiger partial charge in [-0.05, 0) is 69.2 Å². The number of ether oxygens (including phenoxy) is 1. The van der Waals surface area contributed by atoms with Crippen LogP contribution < -0.4 is 10.1 Å². The first-order valence-electron chi connectivity index (χ1n) is 9.86. The van der Waals surface area contributed by atoms with E-state index in [0.717, 1.165) is 19.3 Å². The van der Waals surface area contributed by atoms with Crippen molar-refractivity contribution in [1.29, 1.82) is 0 Å². The molecule has 1 aliphatic rings. The first kappa shape index (κ1) is 22.0. The lowest BCUT2D eigenvalue weighted by molar-refractivity contribution is 0.101. The first-order chi connectivity index (χ1) is 14.2. The molecule has 1 atom stereocenters.